The number of nitrogens with one attached hydrogen (secondary N) is 1. The van der Waals surface area contributed by atoms with Crippen LogP contribution in [-0.2, 0) is 0 Å². The fraction of sp³-hybridized carbons (Fsp3) is 1.00. The smallest absolute Gasteiger partial charge is 0.0555 e. The van der Waals surface area contributed by atoms with Gasteiger partial charge in [-0.2, -0.15) is 0 Å². The van der Waals surface area contributed by atoms with Gasteiger partial charge in [0.1, 0.15) is 0 Å². The first-order valence-corrected chi connectivity index (χ1v) is 2.69. The van der Waals surface area contributed by atoms with E-state index in [1.54, 1.807) is 14.0 Å². The molecule has 8 heavy (non-hydrogen) atoms. The second-order valence-electron chi connectivity index (χ2n) is 1.14. The Morgan fingerprint density at radius 2 is 1.75 bits per heavy atom. The van der Waals surface area contributed by atoms with Crippen LogP contribution in [0.2, 0.25) is 0 Å². The standard InChI is InChI=1S/C3H9NO.C2H6O/c1-4-2-3-5;1-2-3/h4-5H,2-3H2,1H3;3H,2H2,1H3. The number of likely N-dealkylation sites (N-methyl/N-ethyl adjacent to an activating group) is 1. The molecule has 0 aliphatic heterocycles. The van der Waals surface area contributed by atoms with Crippen LogP contribution in [0.3, 0.4) is 0 Å². The number of rotatable bonds is 2. The molecule has 0 aliphatic rings. The summed E-state index contributed by atoms with van der Waals surface area (Å²) in [6.45, 7) is 2.86. The first-order valence-electron chi connectivity index (χ1n) is 2.69. The topological polar surface area (TPSA) is 52.5 Å². The normalized spacial score (nSPS) is 7.50. The van der Waals surface area contributed by atoms with E-state index in [0.717, 1.165) is 0 Å². The van der Waals surface area contributed by atoms with Gasteiger partial charge in [-0.3, -0.25) is 0 Å². The van der Waals surface area contributed by atoms with Crippen LogP contribution in [0.1, 0.15) is 6.92 Å². The fourth-order valence-electron chi connectivity index (χ4n) is 0.112. The molecule has 0 fully saturated rings. The maximum absolute atomic E-state index is 8.00. The van der Waals surface area contributed by atoms with Gasteiger partial charge in [-0.05, 0) is 14.0 Å². The first kappa shape index (κ1) is 10.8. The van der Waals surface area contributed by atoms with Crippen LogP contribution < -0.4 is 5.32 Å². The minimum Gasteiger partial charge on any atom is -0.397 e. The molecule has 0 saturated carbocycles. The molecule has 3 nitrogen and oxygen atoms in total. The van der Waals surface area contributed by atoms with Crippen LogP contribution in [-0.4, -0.2) is 37.0 Å². The number of hydrogen-bond acceptors (Lipinski definition) is 3. The van der Waals surface area contributed by atoms with Crippen molar-refractivity contribution >= 4 is 0 Å². The van der Waals surface area contributed by atoms with Gasteiger partial charge < -0.3 is 15.5 Å². The van der Waals surface area contributed by atoms with Gasteiger partial charge in [0, 0.05) is 13.2 Å². The van der Waals surface area contributed by atoms with E-state index in [2.05, 4.69) is 5.32 Å². The Morgan fingerprint density at radius 1 is 1.38 bits per heavy atom. The van der Waals surface area contributed by atoms with Crippen molar-refractivity contribution in [1.82, 2.24) is 5.32 Å². The molecule has 0 unspecified atom stereocenters. The van der Waals surface area contributed by atoms with E-state index in [4.69, 9.17) is 10.2 Å². The highest BCUT2D eigenvalue weighted by molar-refractivity contribution is 4.27. The van der Waals surface area contributed by atoms with Crippen LogP contribution in [0.5, 0.6) is 0 Å². The van der Waals surface area contributed by atoms with Crippen molar-refractivity contribution in [2.75, 3.05) is 26.8 Å². The summed E-state index contributed by atoms with van der Waals surface area (Å²) >= 11 is 0. The van der Waals surface area contributed by atoms with Gasteiger partial charge in [-0.25, -0.2) is 0 Å². The van der Waals surface area contributed by atoms with E-state index < -0.39 is 0 Å². The Kier molecular flexibility index (Phi) is 21.3. The van der Waals surface area contributed by atoms with Gasteiger partial charge in [0.25, 0.3) is 0 Å². The molecule has 0 heterocycles. The number of hydrogen-bond donors (Lipinski definition) is 3. The summed E-state index contributed by atoms with van der Waals surface area (Å²) in [5.41, 5.74) is 0. The molecule has 0 rings (SSSR count). The molecule has 0 spiro atoms. The number of aliphatic hydroxyl groups is 2. The average Bonchev–Trinajstić information content (AvgIpc) is 1.71. The molecule has 0 saturated heterocycles. The van der Waals surface area contributed by atoms with Gasteiger partial charge >= 0.3 is 0 Å². The third-order valence-electron chi connectivity index (χ3n) is 0.362. The summed E-state index contributed by atoms with van der Waals surface area (Å²) in [6, 6.07) is 0. The average molecular weight is 121 g/mol. The zero-order valence-electron chi connectivity index (χ0n) is 5.52. The highest BCUT2D eigenvalue weighted by atomic mass is 16.3. The lowest BCUT2D eigenvalue weighted by molar-refractivity contribution is 0.296. The predicted molar refractivity (Wildman–Crippen MR) is 33.8 cm³/mol. The van der Waals surface area contributed by atoms with Gasteiger partial charge in [-0.15, -0.1) is 0 Å². The molecule has 3 heteroatoms. The summed E-state index contributed by atoms with van der Waals surface area (Å²) in [7, 11) is 1.80. The van der Waals surface area contributed by atoms with Crippen molar-refractivity contribution in [3.05, 3.63) is 0 Å². The highest BCUT2D eigenvalue weighted by Gasteiger charge is 1.65. The second kappa shape index (κ2) is 15.8. The van der Waals surface area contributed by atoms with Crippen molar-refractivity contribution in [2.24, 2.45) is 0 Å². The Morgan fingerprint density at radius 3 is 1.75 bits per heavy atom. The highest BCUT2D eigenvalue weighted by Crippen LogP contribution is 1.42. The van der Waals surface area contributed by atoms with Crippen LogP contribution in [0.25, 0.3) is 0 Å². The largest absolute Gasteiger partial charge is 0.397 e. The first-order chi connectivity index (χ1) is 3.83. The summed E-state index contributed by atoms with van der Waals surface area (Å²) < 4.78 is 0. The quantitative estimate of drug-likeness (QED) is 0.448. The van der Waals surface area contributed by atoms with Crippen LogP contribution in [0.4, 0.5) is 0 Å². The minimum absolute atomic E-state index is 0.233. The van der Waals surface area contributed by atoms with Crippen molar-refractivity contribution in [3.8, 4) is 0 Å². The zero-order valence-corrected chi connectivity index (χ0v) is 5.52. The SMILES string of the molecule is CCO.CNCCO. The summed E-state index contributed by atoms with van der Waals surface area (Å²) in [5.74, 6) is 0. The van der Waals surface area contributed by atoms with Gasteiger partial charge in [0.2, 0.25) is 0 Å². The lowest BCUT2D eigenvalue weighted by Crippen LogP contribution is -2.10. The summed E-state index contributed by atoms with van der Waals surface area (Å²) in [6.07, 6.45) is 0. The molecule has 0 amide bonds. The zero-order chi connectivity index (χ0) is 6.83. The van der Waals surface area contributed by atoms with Crippen LogP contribution >= 0.6 is 0 Å². The van der Waals surface area contributed by atoms with E-state index in [0.29, 0.717) is 6.54 Å². The lowest BCUT2D eigenvalue weighted by Gasteiger charge is -1.84. The molecule has 52 valence electrons. The monoisotopic (exact) mass is 121 g/mol. The molecule has 0 atom stereocenters. The van der Waals surface area contributed by atoms with Crippen molar-refractivity contribution < 1.29 is 10.2 Å². The Balaban J connectivity index is 0. The summed E-state index contributed by atoms with van der Waals surface area (Å²) in [5, 5.41) is 18.3. The molecule has 0 aliphatic carbocycles. The van der Waals surface area contributed by atoms with Gasteiger partial charge in [0.05, 0.1) is 6.61 Å². The molecule has 0 aromatic carbocycles. The van der Waals surface area contributed by atoms with E-state index >= 15 is 0 Å². The lowest BCUT2D eigenvalue weighted by atomic mass is 10.7. The van der Waals surface area contributed by atoms with E-state index in [-0.39, 0.29) is 13.2 Å². The summed E-state index contributed by atoms with van der Waals surface area (Å²) in [4.78, 5) is 0. The maximum Gasteiger partial charge on any atom is 0.0555 e. The molecule has 3 N–H and O–H groups in total. The Labute approximate surface area is 50.3 Å². The third-order valence-corrected chi connectivity index (χ3v) is 0.362. The van der Waals surface area contributed by atoms with Crippen molar-refractivity contribution in [2.45, 2.75) is 6.92 Å². The molecule has 0 bridgehead atoms. The number of aliphatic hydroxyl groups excluding tert-OH is 2. The van der Waals surface area contributed by atoms with E-state index in [1.807, 2.05) is 0 Å². The molecular weight excluding hydrogens is 106 g/mol. The van der Waals surface area contributed by atoms with Crippen molar-refractivity contribution in [3.63, 3.8) is 0 Å². The van der Waals surface area contributed by atoms with Crippen molar-refractivity contribution in [1.29, 1.82) is 0 Å². The van der Waals surface area contributed by atoms with Crippen LogP contribution in [0.15, 0.2) is 0 Å². The fourth-order valence-corrected chi connectivity index (χ4v) is 0.112. The van der Waals surface area contributed by atoms with Gasteiger partial charge in [0.15, 0.2) is 0 Å². The Bertz CT molecular complexity index is 24.4. The van der Waals surface area contributed by atoms with Crippen LogP contribution in [0, 0.1) is 0 Å². The molecule has 0 aromatic rings. The Hall–Kier alpha value is -0.120. The third kappa shape index (κ3) is 39.6. The molecule has 0 radical (unpaired) electrons. The van der Waals surface area contributed by atoms with Gasteiger partial charge in [-0.1, -0.05) is 0 Å². The molecular formula is C5H15NO2. The second-order valence-corrected chi connectivity index (χ2v) is 1.14. The van der Waals surface area contributed by atoms with E-state index in [1.165, 1.54) is 0 Å². The van der Waals surface area contributed by atoms with E-state index in [9.17, 15) is 0 Å². The predicted octanol–water partition coefficient (Wildman–Crippen LogP) is -0.803. The molecule has 0 aromatic heterocycles. The minimum atomic E-state index is 0.233. The maximum atomic E-state index is 8.00.